The van der Waals surface area contributed by atoms with Crippen LogP contribution in [-0.4, -0.2) is 7.05 Å². The lowest BCUT2D eigenvalue weighted by Crippen LogP contribution is -2.17. The fraction of sp³-hybridized carbons (Fsp3) is 0.200. The van der Waals surface area contributed by atoms with Gasteiger partial charge in [-0.1, -0.05) is 18.2 Å². The van der Waals surface area contributed by atoms with Crippen LogP contribution in [-0.2, 0) is 12.4 Å². The molecule has 19 heavy (non-hydrogen) atoms. The zero-order valence-electron chi connectivity index (χ0n) is 10.5. The third kappa shape index (κ3) is 3.44. The Kier molecular flexibility index (Phi) is 4.38. The van der Waals surface area contributed by atoms with Crippen LogP contribution in [0.4, 0.5) is 14.5 Å². The van der Waals surface area contributed by atoms with Gasteiger partial charge in [-0.2, -0.15) is 0 Å². The van der Waals surface area contributed by atoms with Crippen LogP contribution in [0.2, 0.25) is 0 Å². The summed E-state index contributed by atoms with van der Waals surface area (Å²) in [5, 5.41) is 0. The van der Waals surface area contributed by atoms with Crippen molar-refractivity contribution in [2.24, 2.45) is 0 Å². The molecule has 0 bridgehead atoms. The molecule has 1 nitrogen and oxygen atoms in total. The minimum Gasteiger partial charge on any atom is -0.368 e. The van der Waals surface area contributed by atoms with Gasteiger partial charge in [0, 0.05) is 19.5 Å². The van der Waals surface area contributed by atoms with Crippen LogP contribution < -0.4 is 4.90 Å². The van der Waals surface area contributed by atoms with E-state index in [0.29, 0.717) is 18.1 Å². The molecule has 0 saturated heterocycles. The Labute approximate surface area is 116 Å². The van der Waals surface area contributed by atoms with E-state index in [1.807, 2.05) is 0 Å². The maximum absolute atomic E-state index is 13.9. The van der Waals surface area contributed by atoms with Crippen LogP contribution in [0, 0.1) is 11.6 Å². The second-order valence-corrected chi connectivity index (χ2v) is 4.67. The Morgan fingerprint density at radius 3 is 2.21 bits per heavy atom. The number of halogens is 3. The fourth-order valence-corrected chi connectivity index (χ4v) is 2.06. The Morgan fingerprint density at radius 1 is 1.00 bits per heavy atom. The molecule has 2 rings (SSSR count). The molecule has 0 heterocycles. The van der Waals surface area contributed by atoms with Gasteiger partial charge in [0.05, 0.1) is 5.69 Å². The highest BCUT2D eigenvalue weighted by atomic mass is 35.5. The van der Waals surface area contributed by atoms with Gasteiger partial charge in [-0.15, -0.1) is 11.6 Å². The van der Waals surface area contributed by atoms with Crippen molar-refractivity contribution in [3.63, 3.8) is 0 Å². The molecular formula is C15H14ClF2N. The van der Waals surface area contributed by atoms with Crippen molar-refractivity contribution in [2.75, 3.05) is 11.9 Å². The number of hydrogen-bond acceptors (Lipinski definition) is 1. The average Bonchev–Trinajstić information content (AvgIpc) is 2.41. The molecule has 0 aliphatic carbocycles. The largest absolute Gasteiger partial charge is 0.368 e. The van der Waals surface area contributed by atoms with E-state index in [-0.39, 0.29) is 11.6 Å². The van der Waals surface area contributed by atoms with Crippen molar-refractivity contribution in [3.8, 4) is 0 Å². The van der Waals surface area contributed by atoms with Crippen LogP contribution in [0.5, 0.6) is 0 Å². The smallest absolute Gasteiger partial charge is 0.146 e. The zero-order chi connectivity index (χ0) is 13.8. The molecule has 0 saturated carbocycles. The van der Waals surface area contributed by atoms with Gasteiger partial charge in [0.2, 0.25) is 0 Å². The van der Waals surface area contributed by atoms with Gasteiger partial charge in [-0.05, 0) is 35.4 Å². The van der Waals surface area contributed by atoms with E-state index < -0.39 is 0 Å². The van der Waals surface area contributed by atoms with E-state index in [9.17, 15) is 8.78 Å². The summed E-state index contributed by atoms with van der Waals surface area (Å²) in [6.07, 6.45) is 0. The predicted molar refractivity (Wildman–Crippen MR) is 74.5 cm³/mol. The molecule has 2 aromatic rings. The highest BCUT2D eigenvalue weighted by Gasteiger charge is 2.09. The predicted octanol–water partition coefficient (Wildman–Crippen LogP) is 4.34. The monoisotopic (exact) mass is 281 g/mol. The van der Waals surface area contributed by atoms with Gasteiger partial charge in [0.1, 0.15) is 11.6 Å². The third-order valence-corrected chi connectivity index (χ3v) is 3.22. The number of rotatable bonds is 4. The molecule has 0 radical (unpaired) electrons. The highest BCUT2D eigenvalue weighted by Crippen LogP contribution is 2.22. The molecule has 100 valence electrons. The summed E-state index contributed by atoms with van der Waals surface area (Å²) >= 11 is 5.66. The van der Waals surface area contributed by atoms with Gasteiger partial charge in [-0.3, -0.25) is 0 Å². The van der Waals surface area contributed by atoms with E-state index in [1.165, 1.54) is 18.2 Å². The molecule has 0 unspecified atom stereocenters. The van der Waals surface area contributed by atoms with Crippen molar-refractivity contribution < 1.29 is 8.78 Å². The lowest BCUT2D eigenvalue weighted by atomic mass is 10.1. The van der Waals surface area contributed by atoms with E-state index in [4.69, 9.17) is 11.6 Å². The first-order valence-corrected chi connectivity index (χ1v) is 6.43. The highest BCUT2D eigenvalue weighted by molar-refractivity contribution is 6.17. The van der Waals surface area contributed by atoms with Gasteiger partial charge < -0.3 is 4.90 Å². The van der Waals surface area contributed by atoms with Crippen molar-refractivity contribution in [2.45, 2.75) is 12.4 Å². The summed E-state index contributed by atoms with van der Waals surface area (Å²) in [4.78, 5) is 1.78. The number of benzene rings is 2. The normalized spacial score (nSPS) is 10.5. The molecule has 4 heteroatoms. The van der Waals surface area contributed by atoms with Crippen LogP contribution in [0.25, 0.3) is 0 Å². The van der Waals surface area contributed by atoms with E-state index in [1.54, 1.807) is 36.2 Å². The molecule has 2 aromatic carbocycles. The van der Waals surface area contributed by atoms with Crippen LogP contribution in [0.15, 0.2) is 42.5 Å². The number of nitrogens with zero attached hydrogens (tertiary/aromatic N) is 1. The maximum Gasteiger partial charge on any atom is 0.146 e. The number of alkyl halides is 1. The Hall–Kier alpha value is -1.61. The van der Waals surface area contributed by atoms with Crippen LogP contribution >= 0.6 is 11.6 Å². The molecule has 0 aliphatic heterocycles. The first-order chi connectivity index (χ1) is 9.10. The first kappa shape index (κ1) is 13.8. The van der Waals surface area contributed by atoms with E-state index in [0.717, 1.165) is 11.1 Å². The van der Waals surface area contributed by atoms with Gasteiger partial charge in [0.25, 0.3) is 0 Å². The van der Waals surface area contributed by atoms with Crippen molar-refractivity contribution in [1.29, 1.82) is 0 Å². The quantitative estimate of drug-likeness (QED) is 0.754. The maximum atomic E-state index is 13.9. The first-order valence-electron chi connectivity index (χ1n) is 5.90. The lowest BCUT2D eigenvalue weighted by molar-refractivity contribution is 0.619. The summed E-state index contributed by atoms with van der Waals surface area (Å²) in [6.45, 7) is 0.511. The fourth-order valence-electron chi connectivity index (χ4n) is 1.89. The summed E-state index contributed by atoms with van der Waals surface area (Å²) in [6, 6.07) is 11.1. The molecule has 0 atom stereocenters. The summed E-state index contributed by atoms with van der Waals surface area (Å²) in [5.74, 6) is -0.286. The topological polar surface area (TPSA) is 3.24 Å². The molecule has 0 N–H and O–H groups in total. The zero-order valence-corrected chi connectivity index (χ0v) is 11.3. The van der Waals surface area contributed by atoms with Crippen molar-refractivity contribution in [3.05, 3.63) is 65.2 Å². The minimum absolute atomic E-state index is 0.274. The summed E-state index contributed by atoms with van der Waals surface area (Å²) in [7, 11) is 1.79. The van der Waals surface area contributed by atoms with Gasteiger partial charge in [0.15, 0.2) is 0 Å². The van der Waals surface area contributed by atoms with E-state index >= 15 is 0 Å². The van der Waals surface area contributed by atoms with Crippen molar-refractivity contribution in [1.82, 2.24) is 0 Å². The summed E-state index contributed by atoms with van der Waals surface area (Å²) in [5.41, 5.74) is 2.17. The molecule has 0 spiro atoms. The molecule has 0 amide bonds. The average molecular weight is 282 g/mol. The Bertz CT molecular complexity index is 555. The van der Waals surface area contributed by atoms with Gasteiger partial charge in [-0.25, -0.2) is 8.78 Å². The minimum atomic E-state index is -0.303. The second kappa shape index (κ2) is 6.02. The third-order valence-electron chi connectivity index (χ3n) is 2.91. The van der Waals surface area contributed by atoms with E-state index in [2.05, 4.69) is 0 Å². The molecule has 0 aliphatic rings. The SMILES string of the molecule is CN(Cc1ccc(F)cc1)c1ccc(CCl)cc1F. The van der Waals surface area contributed by atoms with Gasteiger partial charge >= 0.3 is 0 Å². The Balaban J connectivity index is 2.15. The second-order valence-electron chi connectivity index (χ2n) is 4.40. The number of hydrogen-bond donors (Lipinski definition) is 0. The Morgan fingerprint density at radius 2 is 1.63 bits per heavy atom. The summed E-state index contributed by atoms with van der Waals surface area (Å²) < 4.78 is 26.7. The van der Waals surface area contributed by atoms with Crippen molar-refractivity contribution >= 4 is 17.3 Å². The lowest BCUT2D eigenvalue weighted by Gasteiger charge is -2.20. The van der Waals surface area contributed by atoms with Crippen LogP contribution in [0.3, 0.4) is 0 Å². The number of anilines is 1. The van der Waals surface area contributed by atoms with Crippen LogP contribution in [0.1, 0.15) is 11.1 Å². The molecule has 0 fully saturated rings. The molecule has 0 aromatic heterocycles. The standard InChI is InChI=1S/C15H14ClF2N/c1-19(10-11-2-5-13(17)6-3-11)15-7-4-12(9-16)8-14(15)18/h2-8H,9-10H2,1H3. The molecular weight excluding hydrogens is 268 g/mol.